The van der Waals surface area contributed by atoms with E-state index in [2.05, 4.69) is 24.0 Å². The van der Waals surface area contributed by atoms with Crippen molar-refractivity contribution < 1.29 is 5.11 Å². The van der Waals surface area contributed by atoms with E-state index in [1.165, 1.54) is 16.9 Å². The predicted molar refractivity (Wildman–Crippen MR) is 92.0 cm³/mol. The van der Waals surface area contributed by atoms with E-state index < -0.39 is 0 Å². The van der Waals surface area contributed by atoms with E-state index in [1.54, 1.807) is 0 Å². The van der Waals surface area contributed by atoms with Gasteiger partial charge in [-0.15, -0.1) is 11.3 Å². The van der Waals surface area contributed by atoms with Gasteiger partial charge in [0.1, 0.15) is 16.6 Å². The minimum Gasteiger partial charge on any atom is -0.510 e. The summed E-state index contributed by atoms with van der Waals surface area (Å²) in [4.78, 5) is 7.42. The number of nitrogens with one attached hydrogen (secondary N) is 1. The van der Waals surface area contributed by atoms with E-state index >= 15 is 0 Å². The second kappa shape index (κ2) is 5.57. The minimum atomic E-state index is 0.221. The Labute approximate surface area is 134 Å². The summed E-state index contributed by atoms with van der Waals surface area (Å²) in [5, 5.41) is 19.5. The first-order valence-electron chi connectivity index (χ1n) is 7.33. The molecule has 4 nitrogen and oxygen atoms in total. The van der Waals surface area contributed by atoms with Crippen LogP contribution in [0.5, 0.6) is 0 Å². The van der Waals surface area contributed by atoms with Gasteiger partial charge in [-0.25, -0.2) is 4.98 Å². The summed E-state index contributed by atoms with van der Waals surface area (Å²) in [6, 6.07) is 8.13. The minimum absolute atomic E-state index is 0.221. The van der Waals surface area contributed by atoms with Crippen LogP contribution in [0.2, 0.25) is 0 Å². The molecule has 0 atom stereocenters. The number of benzene rings is 1. The van der Waals surface area contributed by atoms with Gasteiger partial charge in [-0.1, -0.05) is 19.1 Å². The number of aliphatic hydroxyl groups excluding tert-OH is 1. The summed E-state index contributed by atoms with van der Waals surface area (Å²) in [6.45, 7) is 6.41. The Kier molecular flexibility index (Phi) is 3.74. The molecule has 22 heavy (non-hydrogen) atoms. The van der Waals surface area contributed by atoms with Crippen LogP contribution in [-0.2, 0) is 6.42 Å². The third-order valence-electron chi connectivity index (χ3n) is 4.00. The number of aromatic nitrogens is 1. The van der Waals surface area contributed by atoms with Crippen LogP contribution in [0.4, 0.5) is 5.69 Å². The monoisotopic (exact) mass is 313 g/mol. The Morgan fingerprint density at radius 1 is 1.27 bits per heavy atom. The molecule has 1 aromatic heterocycles. The molecule has 0 fully saturated rings. The SMILES string of the molecule is CCc1ccc(N2CC(O)=C(c3nc(C)c(C)s3)C2=N)cc1. The molecule has 0 saturated heterocycles. The lowest BCUT2D eigenvalue weighted by Crippen LogP contribution is -2.25. The Morgan fingerprint density at radius 3 is 2.50 bits per heavy atom. The molecule has 5 heteroatoms. The Balaban J connectivity index is 1.92. The molecular formula is C17H19N3OS. The van der Waals surface area contributed by atoms with Crippen molar-refractivity contribution in [1.82, 2.24) is 4.98 Å². The maximum atomic E-state index is 10.3. The molecule has 0 spiro atoms. The first-order chi connectivity index (χ1) is 10.5. The molecule has 2 heterocycles. The van der Waals surface area contributed by atoms with E-state index in [4.69, 9.17) is 5.41 Å². The van der Waals surface area contributed by atoms with Crippen LogP contribution in [0, 0.1) is 19.3 Å². The van der Waals surface area contributed by atoms with Crippen molar-refractivity contribution in [2.45, 2.75) is 27.2 Å². The maximum absolute atomic E-state index is 10.3. The molecule has 0 bridgehead atoms. The first-order valence-corrected chi connectivity index (χ1v) is 8.14. The summed E-state index contributed by atoms with van der Waals surface area (Å²) in [5.41, 5.74) is 3.70. The Morgan fingerprint density at radius 2 is 1.95 bits per heavy atom. The normalized spacial score (nSPS) is 15.0. The fourth-order valence-electron chi connectivity index (χ4n) is 2.52. The molecule has 0 aliphatic carbocycles. The number of aryl methyl sites for hydroxylation is 3. The number of rotatable bonds is 3. The second-order valence-corrected chi connectivity index (χ2v) is 6.64. The van der Waals surface area contributed by atoms with Gasteiger partial charge in [0.05, 0.1) is 17.8 Å². The van der Waals surface area contributed by atoms with Gasteiger partial charge in [0.2, 0.25) is 0 Å². The maximum Gasteiger partial charge on any atom is 0.139 e. The first kappa shape index (κ1) is 14.8. The predicted octanol–water partition coefficient (Wildman–Crippen LogP) is 4.09. The summed E-state index contributed by atoms with van der Waals surface area (Å²) < 4.78 is 0. The summed E-state index contributed by atoms with van der Waals surface area (Å²) >= 11 is 1.53. The quantitative estimate of drug-likeness (QED) is 0.897. The Bertz CT molecular complexity index is 739. The topological polar surface area (TPSA) is 60.2 Å². The summed E-state index contributed by atoms with van der Waals surface area (Å²) in [5.74, 6) is 0.536. The molecule has 0 unspecified atom stereocenters. The number of hydrogen-bond acceptors (Lipinski definition) is 4. The van der Waals surface area contributed by atoms with Gasteiger partial charge < -0.3 is 10.0 Å². The highest BCUT2D eigenvalue weighted by atomic mass is 32.1. The molecule has 0 amide bonds. The highest BCUT2D eigenvalue weighted by Gasteiger charge is 2.31. The zero-order valence-electron chi connectivity index (χ0n) is 13.0. The smallest absolute Gasteiger partial charge is 0.139 e. The standard InChI is InChI=1S/C17H19N3OS/c1-4-12-5-7-13(8-6-12)20-9-14(21)15(16(20)18)17-19-10(2)11(3)22-17/h5-8,18,21H,4,9H2,1-3H3. The highest BCUT2D eigenvalue weighted by molar-refractivity contribution is 7.13. The molecule has 1 aliphatic rings. The molecular weight excluding hydrogens is 294 g/mol. The molecule has 2 aromatic rings. The molecule has 1 aliphatic heterocycles. The largest absolute Gasteiger partial charge is 0.510 e. The number of nitrogens with zero attached hydrogens (tertiary/aromatic N) is 2. The van der Waals surface area contributed by atoms with Crippen LogP contribution in [0.25, 0.3) is 5.57 Å². The van der Waals surface area contributed by atoms with Gasteiger partial charge in [0.15, 0.2) is 0 Å². The molecule has 3 rings (SSSR count). The number of amidine groups is 1. The van der Waals surface area contributed by atoms with Gasteiger partial charge in [-0.2, -0.15) is 0 Å². The fraction of sp³-hybridized carbons (Fsp3) is 0.294. The summed E-state index contributed by atoms with van der Waals surface area (Å²) in [6.07, 6.45) is 0.990. The molecule has 1 aromatic carbocycles. The molecule has 2 N–H and O–H groups in total. The highest BCUT2D eigenvalue weighted by Crippen LogP contribution is 2.33. The van der Waals surface area contributed by atoms with Crippen molar-refractivity contribution in [1.29, 1.82) is 5.41 Å². The fourth-order valence-corrected chi connectivity index (χ4v) is 3.50. The van der Waals surface area contributed by atoms with E-state index in [0.717, 1.165) is 27.7 Å². The zero-order chi connectivity index (χ0) is 15.9. The number of thiazole rings is 1. The van der Waals surface area contributed by atoms with Crippen LogP contribution in [0.1, 0.15) is 28.1 Å². The van der Waals surface area contributed by atoms with Gasteiger partial charge in [-0.05, 0) is 38.0 Å². The molecule has 114 valence electrons. The lowest BCUT2D eigenvalue weighted by Gasteiger charge is -2.18. The average molecular weight is 313 g/mol. The van der Waals surface area contributed by atoms with Crippen molar-refractivity contribution in [3.63, 3.8) is 0 Å². The third kappa shape index (κ3) is 2.41. The van der Waals surface area contributed by atoms with Crippen molar-refractivity contribution in [2.75, 3.05) is 11.4 Å². The van der Waals surface area contributed by atoms with Crippen LogP contribution < -0.4 is 4.90 Å². The number of aliphatic hydroxyl groups is 1. The van der Waals surface area contributed by atoms with Crippen LogP contribution in [0.3, 0.4) is 0 Å². The third-order valence-corrected chi connectivity index (χ3v) is 5.09. The van der Waals surface area contributed by atoms with Crippen LogP contribution in [-0.4, -0.2) is 22.5 Å². The van der Waals surface area contributed by atoms with Gasteiger partial charge >= 0.3 is 0 Å². The Hall–Kier alpha value is -2.14. The van der Waals surface area contributed by atoms with E-state index in [1.807, 2.05) is 30.9 Å². The van der Waals surface area contributed by atoms with Crippen molar-refractivity contribution in [3.05, 3.63) is 51.2 Å². The number of hydrogen-bond donors (Lipinski definition) is 2. The van der Waals surface area contributed by atoms with Crippen LogP contribution >= 0.6 is 11.3 Å². The van der Waals surface area contributed by atoms with Gasteiger partial charge in [0, 0.05) is 10.6 Å². The molecule has 0 radical (unpaired) electrons. The van der Waals surface area contributed by atoms with Crippen LogP contribution in [0.15, 0.2) is 30.0 Å². The van der Waals surface area contributed by atoms with E-state index in [-0.39, 0.29) is 5.76 Å². The lowest BCUT2D eigenvalue weighted by molar-refractivity contribution is 0.411. The van der Waals surface area contributed by atoms with E-state index in [0.29, 0.717) is 18.0 Å². The molecule has 0 saturated carbocycles. The summed E-state index contributed by atoms with van der Waals surface area (Å²) in [7, 11) is 0. The zero-order valence-corrected chi connectivity index (χ0v) is 13.8. The van der Waals surface area contributed by atoms with E-state index in [9.17, 15) is 5.11 Å². The average Bonchev–Trinajstić information content (AvgIpc) is 2.98. The van der Waals surface area contributed by atoms with Gasteiger partial charge in [-0.3, -0.25) is 5.41 Å². The van der Waals surface area contributed by atoms with Crippen molar-refractivity contribution >= 4 is 28.4 Å². The number of anilines is 1. The van der Waals surface area contributed by atoms with Crippen molar-refractivity contribution in [3.8, 4) is 0 Å². The lowest BCUT2D eigenvalue weighted by atomic mass is 10.1. The van der Waals surface area contributed by atoms with Gasteiger partial charge in [0.25, 0.3) is 0 Å². The van der Waals surface area contributed by atoms with Crippen molar-refractivity contribution in [2.24, 2.45) is 0 Å². The second-order valence-electron chi connectivity index (χ2n) is 5.44.